The van der Waals surface area contributed by atoms with Crippen molar-refractivity contribution in [1.29, 1.82) is 0 Å². The molecule has 0 spiro atoms. The predicted octanol–water partition coefficient (Wildman–Crippen LogP) is 3.24. The number of nitrogens with one attached hydrogen (secondary N) is 1. The number of anilines is 1. The molecule has 0 radical (unpaired) electrons. The van der Waals surface area contributed by atoms with Crippen molar-refractivity contribution in [2.75, 3.05) is 26.6 Å². The van der Waals surface area contributed by atoms with Gasteiger partial charge < -0.3 is 19.5 Å². The highest BCUT2D eigenvalue weighted by Crippen LogP contribution is 2.23. The molecule has 0 heterocycles. The first kappa shape index (κ1) is 18.5. The van der Waals surface area contributed by atoms with E-state index < -0.39 is 0 Å². The molecule has 0 aliphatic carbocycles. The Balaban J connectivity index is 3.09. The van der Waals surface area contributed by atoms with E-state index in [-0.39, 0.29) is 12.3 Å². The van der Waals surface area contributed by atoms with E-state index in [1.165, 1.54) is 7.11 Å². The first-order valence-corrected chi connectivity index (χ1v) is 7.62. The average Bonchev–Trinajstić information content (AvgIpc) is 2.57. The molecule has 22 heavy (non-hydrogen) atoms. The summed E-state index contributed by atoms with van der Waals surface area (Å²) in [5.74, 6) is -0.339. The van der Waals surface area contributed by atoms with Gasteiger partial charge >= 0.3 is 5.97 Å². The van der Waals surface area contributed by atoms with Crippen molar-refractivity contribution < 1.29 is 19.0 Å². The molecule has 0 aliphatic heterocycles. The van der Waals surface area contributed by atoms with Gasteiger partial charge in [-0.1, -0.05) is 19.9 Å². The third-order valence-electron chi connectivity index (χ3n) is 3.79. The van der Waals surface area contributed by atoms with E-state index in [2.05, 4.69) is 19.2 Å². The number of hydrogen-bond acceptors (Lipinski definition) is 5. The lowest BCUT2D eigenvalue weighted by atomic mass is 10.0. The van der Waals surface area contributed by atoms with Crippen molar-refractivity contribution in [3.8, 4) is 0 Å². The standard InChI is InChI=1S/C17H27NO4/c1-6-14(7-2)18-15-10-13(17(19)22-5)9-8-12(15)11-16(20-3)21-4/h8-10,14,16,18H,6-7,11H2,1-5H3. The second-order valence-electron chi connectivity index (χ2n) is 5.13. The predicted molar refractivity (Wildman–Crippen MR) is 87.3 cm³/mol. The maximum Gasteiger partial charge on any atom is 0.337 e. The summed E-state index contributed by atoms with van der Waals surface area (Å²) < 4.78 is 15.3. The molecule has 124 valence electrons. The van der Waals surface area contributed by atoms with Crippen molar-refractivity contribution in [3.05, 3.63) is 29.3 Å². The average molecular weight is 309 g/mol. The van der Waals surface area contributed by atoms with E-state index in [0.29, 0.717) is 18.0 Å². The van der Waals surface area contributed by atoms with Crippen LogP contribution in [0.15, 0.2) is 18.2 Å². The van der Waals surface area contributed by atoms with Gasteiger partial charge in [0.25, 0.3) is 0 Å². The van der Waals surface area contributed by atoms with Crippen molar-refractivity contribution in [2.45, 2.75) is 45.4 Å². The second-order valence-corrected chi connectivity index (χ2v) is 5.13. The number of carbonyl (C=O) groups is 1. The van der Waals surface area contributed by atoms with Gasteiger partial charge in [0, 0.05) is 32.4 Å². The smallest absolute Gasteiger partial charge is 0.337 e. The Morgan fingerprint density at radius 1 is 1.14 bits per heavy atom. The summed E-state index contributed by atoms with van der Waals surface area (Å²) in [4.78, 5) is 11.7. The minimum atomic E-state index is -0.339. The summed E-state index contributed by atoms with van der Waals surface area (Å²) in [6.45, 7) is 4.27. The van der Waals surface area contributed by atoms with Crippen LogP contribution in [-0.2, 0) is 20.6 Å². The number of hydrogen-bond donors (Lipinski definition) is 1. The van der Waals surface area contributed by atoms with Crippen LogP contribution >= 0.6 is 0 Å². The maximum absolute atomic E-state index is 11.7. The van der Waals surface area contributed by atoms with Crippen LogP contribution in [0.1, 0.15) is 42.6 Å². The summed E-state index contributed by atoms with van der Waals surface area (Å²) in [6, 6.07) is 5.88. The highest BCUT2D eigenvalue weighted by Gasteiger charge is 2.15. The summed E-state index contributed by atoms with van der Waals surface area (Å²) >= 11 is 0. The Morgan fingerprint density at radius 2 is 1.77 bits per heavy atom. The summed E-state index contributed by atoms with van der Waals surface area (Å²) in [5.41, 5.74) is 2.51. The van der Waals surface area contributed by atoms with Gasteiger partial charge in [-0.25, -0.2) is 4.79 Å². The third-order valence-corrected chi connectivity index (χ3v) is 3.79. The minimum Gasteiger partial charge on any atom is -0.465 e. The number of carbonyl (C=O) groups excluding carboxylic acids is 1. The molecule has 0 fully saturated rings. The first-order valence-electron chi connectivity index (χ1n) is 7.62. The third kappa shape index (κ3) is 5.00. The van der Waals surface area contributed by atoms with Crippen LogP contribution in [0.5, 0.6) is 0 Å². The van der Waals surface area contributed by atoms with E-state index in [0.717, 1.165) is 24.1 Å². The number of ether oxygens (including phenoxy) is 3. The molecule has 1 aromatic carbocycles. The quantitative estimate of drug-likeness (QED) is 0.560. The number of benzene rings is 1. The Labute approximate surface area is 132 Å². The summed E-state index contributed by atoms with van der Waals surface area (Å²) in [5, 5.41) is 3.50. The zero-order chi connectivity index (χ0) is 16.5. The molecular weight excluding hydrogens is 282 g/mol. The molecule has 0 saturated heterocycles. The summed E-state index contributed by atoms with van der Waals surface area (Å²) in [7, 11) is 4.62. The molecule has 0 aromatic heterocycles. The molecular formula is C17H27NO4. The topological polar surface area (TPSA) is 56.8 Å². The van der Waals surface area contributed by atoms with Crippen LogP contribution in [-0.4, -0.2) is 39.6 Å². The molecule has 1 aromatic rings. The fourth-order valence-electron chi connectivity index (χ4n) is 2.29. The molecule has 0 amide bonds. The number of esters is 1. The second kappa shape index (κ2) is 9.43. The Morgan fingerprint density at radius 3 is 2.27 bits per heavy atom. The lowest BCUT2D eigenvalue weighted by molar-refractivity contribution is -0.100. The van der Waals surface area contributed by atoms with E-state index in [9.17, 15) is 4.79 Å². The van der Waals surface area contributed by atoms with Crippen LogP contribution in [0.3, 0.4) is 0 Å². The van der Waals surface area contributed by atoms with Crippen LogP contribution < -0.4 is 5.32 Å². The van der Waals surface area contributed by atoms with Crippen molar-refractivity contribution in [1.82, 2.24) is 0 Å². The highest BCUT2D eigenvalue weighted by atomic mass is 16.7. The lowest BCUT2D eigenvalue weighted by Gasteiger charge is -2.21. The summed E-state index contributed by atoms with van der Waals surface area (Å²) in [6.07, 6.45) is 2.31. The number of methoxy groups -OCH3 is 3. The zero-order valence-corrected chi connectivity index (χ0v) is 14.1. The molecule has 0 atom stereocenters. The molecule has 5 nitrogen and oxygen atoms in total. The molecule has 5 heteroatoms. The van der Waals surface area contributed by atoms with Gasteiger partial charge in [-0.2, -0.15) is 0 Å². The van der Waals surface area contributed by atoms with Gasteiger partial charge in [0.1, 0.15) is 0 Å². The van der Waals surface area contributed by atoms with Gasteiger partial charge in [0.05, 0.1) is 12.7 Å². The van der Waals surface area contributed by atoms with Crippen molar-refractivity contribution >= 4 is 11.7 Å². The van der Waals surface area contributed by atoms with Gasteiger partial charge in [-0.05, 0) is 30.5 Å². The minimum absolute atomic E-state index is 0.314. The van der Waals surface area contributed by atoms with E-state index in [1.807, 2.05) is 12.1 Å². The van der Waals surface area contributed by atoms with E-state index in [1.54, 1.807) is 20.3 Å². The maximum atomic E-state index is 11.7. The molecule has 1 rings (SSSR count). The zero-order valence-electron chi connectivity index (χ0n) is 14.1. The molecule has 0 unspecified atom stereocenters. The van der Waals surface area contributed by atoms with E-state index in [4.69, 9.17) is 14.2 Å². The fourth-order valence-corrected chi connectivity index (χ4v) is 2.29. The van der Waals surface area contributed by atoms with Crippen molar-refractivity contribution in [3.63, 3.8) is 0 Å². The van der Waals surface area contributed by atoms with Crippen LogP contribution in [0.2, 0.25) is 0 Å². The molecule has 0 saturated carbocycles. The van der Waals surface area contributed by atoms with Gasteiger partial charge in [0.15, 0.2) is 6.29 Å². The van der Waals surface area contributed by atoms with E-state index >= 15 is 0 Å². The SMILES string of the molecule is CCC(CC)Nc1cc(C(=O)OC)ccc1CC(OC)OC. The Bertz CT molecular complexity index is 468. The Kier molecular flexibility index (Phi) is 7.91. The normalized spacial score (nSPS) is 11.0. The van der Waals surface area contributed by atoms with Gasteiger partial charge in [-0.3, -0.25) is 0 Å². The number of rotatable bonds is 9. The van der Waals surface area contributed by atoms with Gasteiger partial charge in [0.2, 0.25) is 0 Å². The molecule has 0 bridgehead atoms. The first-order chi connectivity index (χ1) is 10.6. The van der Waals surface area contributed by atoms with Crippen LogP contribution in [0.25, 0.3) is 0 Å². The lowest BCUT2D eigenvalue weighted by Crippen LogP contribution is -2.21. The molecule has 1 N–H and O–H groups in total. The largest absolute Gasteiger partial charge is 0.465 e. The molecule has 0 aliphatic rings. The van der Waals surface area contributed by atoms with Gasteiger partial charge in [-0.15, -0.1) is 0 Å². The monoisotopic (exact) mass is 309 g/mol. The van der Waals surface area contributed by atoms with Crippen LogP contribution in [0, 0.1) is 0 Å². The van der Waals surface area contributed by atoms with Crippen molar-refractivity contribution in [2.24, 2.45) is 0 Å². The highest BCUT2D eigenvalue weighted by molar-refractivity contribution is 5.90. The fraction of sp³-hybridized carbons (Fsp3) is 0.588. The van der Waals surface area contributed by atoms with Crippen LogP contribution in [0.4, 0.5) is 5.69 Å². The Hall–Kier alpha value is -1.59.